The van der Waals surface area contributed by atoms with Crippen LogP contribution < -0.4 is 10.5 Å². The molecule has 1 heterocycles. The van der Waals surface area contributed by atoms with Gasteiger partial charge in [0.1, 0.15) is 3.95 Å². The number of hydrogen-bond acceptors (Lipinski definition) is 2. The SMILES string of the molecule is NC(=S)NS1(CCc2ccc(Cl)cc2)C=CN=C1Br. The number of aryl methyl sites for hydroxylation is 1. The molecule has 0 bridgehead atoms. The molecule has 1 unspecified atom stereocenters. The fraction of sp³-hybridized carbons (Fsp3) is 0.167. The highest BCUT2D eigenvalue weighted by Gasteiger charge is 2.29. The van der Waals surface area contributed by atoms with Crippen LogP contribution in [0.25, 0.3) is 0 Å². The summed E-state index contributed by atoms with van der Waals surface area (Å²) in [5.74, 6) is 0.882. The largest absolute Gasteiger partial charge is 0.376 e. The van der Waals surface area contributed by atoms with E-state index in [1.165, 1.54) is 5.56 Å². The normalized spacial score (nSPS) is 24.6. The van der Waals surface area contributed by atoms with Crippen molar-refractivity contribution in [2.24, 2.45) is 10.7 Å². The predicted molar refractivity (Wildman–Crippen MR) is 93.0 cm³/mol. The van der Waals surface area contributed by atoms with Gasteiger partial charge in [0.2, 0.25) is 0 Å². The lowest BCUT2D eigenvalue weighted by Gasteiger charge is -2.34. The number of aliphatic imine (C=N–C) groups is 1. The van der Waals surface area contributed by atoms with Crippen molar-refractivity contribution in [3.63, 3.8) is 0 Å². The van der Waals surface area contributed by atoms with Gasteiger partial charge in [-0.05, 0) is 57.7 Å². The van der Waals surface area contributed by atoms with Crippen LogP contribution in [0.4, 0.5) is 0 Å². The average Bonchev–Trinajstić information content (AvgIpc) is 2.70. The maximum Gasteiger partial charge on any atom is 0.173 e. The summed E-state index contributed by atoms with van der Waals surface area (Å²) in [6.07, 6.45) is 2.68. The highest BCUT2D eigenvalue weighted by Crippen LogP contribution is 2.52. The number of rotatable bonds is 4. The minimum atomic E-state index is -1.41. The van der Waals surface area contributed by atoms with Crippen LogP contribution in [0.1, 0.15) is 5.56 Å². The third-order valence-corrected chi connectivity index (χ3v) is 7.82. The maximum absolute atomic E-state index is 5.88. The standard InChI is InChI=1S/C12H13BrClN3S2/c13-11-16-6-8-19(11,17-12(15)18)7-5-9-1-3-10(14)4-2-9/h1-4,6,8H,5,7H2,(H3,15,17,18). The van der Waals surface area contributed by atoms with E-state index in [-0.39, 0.29) is 0 Å². The Morgan fingerprint density at radius 3 is 2.63 bits per heavy atom. The van der Waals surface area contributed by atoms with Crippen molar-refractivity contribution in [3.05, 3.63) is 46.5 Å². The van der Waals surface area contributed by atoms with E-state index < -0.39 is 10.2 Å². The molecule has 1 aromatic carbocycles. The average molecular weight is 379 g/mol. The van der Waals surface area contributed by atoms with Crippen LogP contribution in [0.3, 0.4) is 0 Å². The molecular formula is C12H13BrClN3S2. The van der Waals surface area contributed by atoms with Crippen LogP contribution in [0, 0.1) is 0 Å². The Morgan fingerprint density at radius 2 is 2.11 bits per heavy atom. The maximum atomic E-state index is 5.88. The van der Waals surface area contributed by atoms with E-state index in [2.05, 4.69) is 25.6 Å². The third kappa shape index (κ3) is 3.72. The Bertz CT molecular complexity index is 544. The summed E-state index contributed by atoms with van der Waals surface area (Å²) in [6.45, 7) is 0. The Kier molecular flexibility index (Phi) is 4.89. The Balaban J connectivity index is 2.10. The zero-order valence-electron chi connectivity index (χ0n) is 9.98. The van der Waals surface area contributed by atoms with Crippen molar-refractivity contribution in [1.82, 2.24) is 4.72 Å². The number of benzene rings is 1. The lowest BCUT2D eigenvalue weighted by Crippen LogP contribution is -2.34. The molecule has 0 aliphatic carbocycles. The summed E-state index contributed by atoms with van der Waals surface area (Å²) >= 11 is 14.3. The van der Waals surface area contributed by atoms with Crippen molar-refractivity contribution >= 4 is 59.0 Å². The van der Waals surface area contributed by atoms with Gasteiger partial charge in [0.25, 0.3) is 0 Å². The van der Waals surface area contributed by atoms with Crippen molar-refractivity contribution in [3.8, 4) is 0 Å². The quantitative estimate of drug-likeness (QED) is 0.786. The summed E-state index contributed by atoms with van der Waals surface area (Å²) in [5.41, 5.74) is 6.85. The first-order chi connectivity index (χ1) is 9.02. The number of halogens is 2. The summed E-state index contributed by atoms with van der Waals surface area (Å²) < 4.78 is 4.07. The lowest BCUT2D eigenvalue weighted by molar-refractivity contribution is 1.14. The Labute approximate surface area is 132 Å². The van der Waals surface area contributed by atoms with E-state index in [9.17, 15) is 0 Å². The van der Waals surface area contributed by atoms with E-state index in [4.69, 9.17) is 29.6 Å². The second-order valence-electron chi connectivity index (χ2n) is 4.01. The van der Waals surface area contributed by atoms with Crippen molar-refractivity contribution in [2.45, 2.75) is 6.42 Å². The molecule has 102 valence electrons. The second kappa shape index (κ2) is 6.26. The third-order valence-electron chi connectivity index (χ3n) is 2.68. The zero-order valence-corrected chi connectivity index (χ0v) is 14.0. The summed E-state index contributed by atoms with van der Waals surface area (Å²) in [4.78, 5) is 4.26. The van der Waals surface area contributed by atoms with E-state index in [1.807, 2.05) is 29.7 Å². The van der Waals surface area contributed by atoms with Crippen LogP contribution in [0.5, 0.6) is 0 Å². The van der Waals surface area contributed by atoms with Gasteiger partial charge in [0.15, 0.2) is 5.11 Å². The van der Waals surface area contributed by atoms with Gasteiger partial charge in [0, 0.05) is 17.0 Å². The molecule has 0 amide bonds. The lowest BCUT2D eigenvalue weighted by atomic mass is 10.2. The number of nitrogens with zero attached hydrogens (tertiary/aromatic N) is 1. The molecule has 0 saturated carbocycles. The van der Waals surface area contributed by atoms with Gasteiger partial charge < -0.3 is 10.5 Å². The van der Waals surface area contributed by atoms with Gasteiger partial charge in [-0.2, -0.15) is 0 Å². The first-order valence-corrected chi connectivity index (χ1v) is 8.99. The number of nitrogens with two attached hydrogens (primary N) is 1. The van der Waals surface area contributed by atoms with Crippen LogP contribution in [0.15, 0.2) is 40.9 Å². The van der Waals surface area contributed by atoms with E-state index in [0.717, 1.165) is 21.1 Å². The molecule has 0 radical (unpaired) electrons. The first kappa shape index (κ1) is 14.8. The summed E-state index contributed by atoms with van der Waals surface area (Å²) in [6, 6.07) is 7.85. The zero-order chi connectivity index (χ0) is 13.9. The molecule has 0 fully saturated rings. The van der Waals surface area contributed by atoms with E-state index >= 15 is 0 Å². The number of hydrogen-bond donors (Lipinski definition) is 2. The Morgan fingerprint density at radius 1 is 1.42 bits per heavy atom. The minimum absolute atomic E-state index is 0.296. The molecule has 1 aliphatic rings. The van der Waals surface area contributed by atoms with Gasteiger partial charge in [-0.25, -0.2) is 4.99 Å². The van der Waals surface area contributed by atoms with Crippen LogP contribution in [0.2, 0.25) is 5.02 Å². The smallest absolute Gasteiger partial charge is 0.173 e. The molecule has 1 aromatic rings. The molecule has 3 nitrogen and oxygen atoms in total. The van der Waals surface area contributed by atoms with Crippen molar-refractivity contribution < 1.29 is 0 Å². The van der Waals surface area contributed by atoms with Gasteiger partial charge in [-0.3, -0.25) is 0 Å². The molecule has 1 atom stereocenters. The molecule has 0 saturated heterocycles. The highest BCUT2D eigenvalue weighted by molar-refractivity contribution is 9.23. The molecule has 19 heavy (non-hydrogen) atoms. The van der Waals surface area contributed by atoms with Gasteiger partial charge in [-0.1, -0.05) is 33.9 Å². The molecule has 2 rings (SSSR count). The molecule has 0 spiro atoms. The topological polar surface area (TPSA) is 50.4 Å². The monoisotopic (exact) mass is 377 g/mol. The van der Waals surface area contributed by atoms with E-state index in [0.29, 0.717) is 5.11 Å². The molecular weight excluding hydrogens is 366 g/mol. The van der Waals surface area contributed by atoms with Gasteiger partial charge >= 0.3 is 0 Å². The van der Waals surface area contributed by atoms with Crippen LogP contribution in [-0.4, -0.2) is 14.8 Å². The molecule has 1 aliphatic heterocycles. The fourth-order valence-corrected chi connectivity index (χ4v) is 5.58. The number of thiocarbonyl (C=S) groups is 1. The summed E-state index contributed by atoms with van der Waals surface area (Å²) in [5, 5.41) is 3.09. The molecule has 3 N–H and O–H groups in total. The highest BCUT2D eigenvalue weighted by atomic mass is 79.9. The van der Waals surface area contributed by atoms with Gasteiger partial charge in [0.05, 0.1) is 0 Å². The first-order valence-electron chi connectivity index (χ1n) is 5.54. The van der Waals surface area contributed by atoms with Crippen molar-refractivity contribution in [2.75, 3.05) is 5.75 Å². The molecule has 7 heteroatoms. The van der Waals surface area contributed by atoms with Crippen molar-refractivity contribution in [1.29, 1.82) is 0 Å². The minimum Gasteiger partial charge on any atom is -0.376 e. The van der Waals surface area contributed by atoms with Crippen LogP contribution in [-0.2, 0) is 6.42 Å². The number of nitrogens with one attached hydrogen (secondary N) is 1. The Hall–Kier alpha value is -0.560. The van der Waals surface area contributed by atoms with E-state index in [1.54, 1.807) is 6.20 Å². The second-order valence-corrected chi connectivity index (χ2v) is 9.02. The van der Waals surface area contributed by atoms with Gasteiger partial charge in [-0.15, -0.1) is 0 Å². The van der Waals surface area contributed by atoms with Crippen LogP contribution >= 0.6 is 50.0 Å². The summed E-state index contributed by atoms with van der Waals surface area (Å²) in [7, 11) is -1.41. The predicted octanol–water partition coefficient (Wildman–Crippen LogP) is 3.67. The fourth-order valence-electron chi connectivity index (χ4n) is 1.73. The molecule has 0 aromatic heterocycles.